The minimum absolute atomic E-state index is 0.151. The highest BCUT2D eigenvalue weighted by molar-refractivity contribution is 5.91. The normalized spacial score (nSPS) is 16.1. The summed E-state index contributed by atoms with van der Waals surface area (Å²) in [5.41, 5.74) is 0. The summed E-state index contributed by atoms with van der Waals surface area (Å²) in [5, 5.41) is 2.52. The molecule has 12 heavy (non-hydrogen) atoms. The molecule has 64 valence electrons. The summed E-state index contributed by atoms with van der Waals surface area (Å²) in [6, 6.07) is 3.62. The zero-order valence-electron chi connectivity index (χ0n) is 6.96. The van der Waals surface area contributed by atoms with E-state index in [0.717, 1.165) is 5.76 Å². The third-order valence-electron chi connectivity index (χ3n) is 2.06. The van der Waals surface area contributed by atoms with Crippen molar-refractivity contribution in [1.82, 2.24) is 5.32 Å². The fourth-order valence-electron chi connectivity index (χ4n) is 1.19. The van der Waals surface area contributed by atoms with Crippen LogP contribution in [-0.4, -0.2) is 13.0 Å². The van der Waals surface area contributed by atoms with Gasteiger partial charge in [-0.25, -0.2) is 0 Å². The summed E-state index contributed by atoms with van der Waals surface area (Å²) in [4.78, 5) is 11.1. The van der Waals surface area contributed by atoms with Crippen molar-refractivity contribution in [2.75, 3.05) is 7.05 Å². The number of rotatable bonds is 2. The van der Waals surface area contributed by atoms with Crippen molar-refractivity contribution in [3.05, 3.63) is 23.7 Å². The number of furan rings is 1. The lowest BCUT2D eigenvalue weighted by Gasteiger charge is -1.93. The summed E-state index contributed by atoms with van der Waals surface area (Å²) < 4.78 is 5.35. The quantitative estimate of drug-likeness (QED) is 0.721. The van der Waals surface area contributed by atoms with Gasteiger partial charge in [-0.05, 0) is 25.0 Å². The van der Waals surface area contributed by atoms with Crippen molar-refractivity contribution in [3.63, 3.8) is 0 Å². The minimum Gasteiger partial charge on any atom is -0.456 e. The molecule has 0 saturated heterocycles. The Labute approximate surface area is 70.8 Å². The van der Waals surface area contributed by atoms with E-state index in [1.165, 1.54) is 12.8 Å². The molecule has 0 bridgehead atoms. The minimum atomic E-state index is -0.151. The highest BCUT2D eigenvalue weighted by Crippen LogP contribution is 2.40. The van der Waals surface area contributed by atoms with Crippen LogP contribution in [0.2, 0.25) is 0 Å². The Bertz CT molecular complexity index is 299. The predicted molar refractivity (Wildman–Crippen MR) is 44.1 cm³/mol. The van der Waals surface area contributed by atoms with Crippen LogP contribution in [0.25, 0.3) is 0 Å². The van der Waals surface area contributed by atoms with Gasteiger partial charge in [0.05, 0.1) is 0 Å². The SMILES string of the molecule is CNC(=O)c1ccc(C2CC2)o1. The molecule has 1 fully saturated rings. The molecule has 0 aliphatic heterocycles. The van der Waals surface area contributed by atoms with E-state index >= 15 is 0 Å². The maximum Gasteiger partial charge on any atom is 0.286 e. The Hall–Kier alpha value is -1.25. The third kappa shape index (κ3) is 1.22. The summed E-state index contributed by atoms with van der Waals surface area (Å²) in [6.07, 6.45) is 2.39. The van der Waals surface area contributed by atoms with Crippen molar-refractivity contribution in [2.24, 2.45) is 0 Å². The molecule has 1 aliphatic rings. The zero-order valence-corrected chi connectivity index (χ0v) is 6.96. The molecule has 2 rings (SSSR count). The molecule has 0 aromatic carbocycles. The van der Waals surface area contributed by atoms with Gasteiger partial charge in [0.2, 0.25) is 0 Å². The topological polar surface area (TPSA) is 42.2 Å². The number of carbonyl (C=O) groups excluding carboxylic acids is 1. The molecule has 3 nitrogen and oxygen atoms in total. The van der Waals surface area contributed by atoms with Gasteiger partial charge in [-0.3, -0.25) is 4.79 Å². The summed E-state index contributed by atoms with van der Waals surface area (Å²) in [6.45, 7) is 0. The Morgan fingerprint density at radius 3 is 2.92 bits per heavy atom. The Kier molecular flexibility index (Phi) is 1.64. The van der Waals surface area contributed by atoms with E-state index in [1.807, 2.05) is 6.07 Å². The van der Waals surface area contributed by atoms with Gasteiger partial charge in [-0.1, -0.05) is 0 Å². The van der Waals surface area contributed by atoms with Gasteiger partial charge in [-0.15, -0.1) is 0 Å². The standard InChI is InChI=1S/C9H11NO2/c1-10-9(11)8-5-4-7(12-8)6-2-3-6/h4-6H,2-3H2,1H3,(H,10,11). The van der Waals surface area contributed by atoms with Crippen molar-refractivity contribution in [3.8, 4) is 0 Å². The first-order valence-corrected chi connectivity index (χ1v) is 4.13. The van der Waals surface area contributed by atoms with Crippen LogP contribution in [0.4, 0.5) is 0 Å². The first kappa shape index (κ1) is 7.40. The highest BCUT2D eigenvalue weighted by atomic mass is 16.4. The molecular formula is C9H11NO2. The van der Waals surface area contributed by atoms with E-state index in [1.54, 1.807) is 13.1 Å². The van der Waals surface area contributed by atoms with Gasteiger partial charge < -0.3 is 9.73 Å². The third-order valence-corrected chi connectivity index (χ3v) is 2.06. The lowest BCUT2D eigenvalue weighted by Crippen LogP contribution is -2.16. The fraction of sp³-hybridized carbons (Fsp3) is 0.444. The molecule has 0 unspecified atom stereocenters. The van der Waals surface area contributed by atoms with E-state index < -0.39 is 0 Å². The Morgan fingerprint density at radius 1 is 1.58 bits per heavy atom. The van der Waals surface area contributed by atoms with Gasteiger partial charge in [0.25, 0.3) is 5.91 Å². The largest absolute Gasteiger partial charge is 0.456 e. The van der Waals surface area contributed by atoms with Crippen LogP contribution in [0.5, 0.6) is 0 Å². The van der Waals surface area contributed by atoms with Gasteiger partial charge in [-0.2, -0.15) is 0 Å². The molecule has 1 N–H and O–H groups in total. The lowest BCUT2D eigenvalue weighted by molar-refractivity contribution is 0.0934. The second-order valence-electron chi connectivity index (χ2n) is 3.06. The van der Waals surface area contributed by atoms with Gasteiger partial charge >= 0.3 is 0 Å². The van der Waals surface area contributed by atoms with Crippen LogP contribution in [0.3, 0.4) is 0 Å². The average molecular weight is 165 g/mol. The first-order valence-electron chi connectivity index (χ1n) is 4.13. The lowest BCUT2D eigenvalue weighted by atomic mass is 10.3. The first-order chi connectivity index (χ1) is 5.81. The Morgan fingerprint density at radius 2 is 2.33 bits per heavy atom. The molecule has 0 atom stereocenters. The molecule has 1 amide bonds. The maximum absolute atomic E-state index is 11.1. The van der Waals surface area contributed by atoms with E-state index in [-0.39, 0.29) is 5.91 Å². The van der Waals surface area contributed by atoms with Crippen molar-refractivity contribution in [2.45, 2.75) is 18.8 Å². The smallest absolute Gasteiger partial charge is 0.286 e. The van der Waals surface area contributed by atoms with Gasteiger partial charge in [0.1, 0.15) is 5.76 Å². The predicted octanol–water partition coefficient (Wildman–Crippen LogP) is 1.52. The van der Waals surface area contributed by atoms with Gasteiger partial charge in [0, 0.05) is 13.0 Å². The van der Waals surface area contributed by atoms with Crippen LogP contribution in [-0.2, 0) is 0 Å². The molecule has 0 radical (unpaired) electrons. The second kappa shape index (κ2) is 2.66. The van der Waals surface area contributed by atoms with Crippen LogP contribution in [0.15, 0.2) is 16.5 Å². The van der Waals surface area contributed by atoms with Crippen LogP contribution in [0, 0.1) is 0 Å². The number of nitrogens with one attached hydrogen (secondary N) is 1. The summed E-state index contributed by atoms with van der Waals surface area (Å²) >= 11 is 0. The molecule has 1 heterocycles. The van der Waals surface area contributed by atoms with Crippen LogP contribution in [0.1, 0.15) is 35.1 Å². The molecule has 3 heteroatoms. The molecular weight excluding hydrogens is 154 g/mol. The number of hydrogen-bond acceptors (Lipinski definition) is 2. The molecule has 1 aromatic rings. The van der Waals surface area contributed by atoms with Crippen molar-refractivity contribution < 1.29 is 9.21 Å². The average Bonchev–Trinajstić information content (AvgIpc) is 2.83. The molecule has 1 aromatic heterocycles. The Balaban J connectivity index is 2.17. The van der Waals surface area contributed by atoms with Crippen molar-refractivity contribution in [1.29, 1.82) is 0 Å². The highest BCUT2D eigenvalue weighted by Gasteiger charge is 2.27. The van der Waals surface area contributed by atoms with Crippen LogP contribution >= 0.6 is 0 Å². The number of amides is 1. The number of carbonyl (C=O) groups is 1. The molecule has 1 saturated carbocycles. The summed E-state index contributed by atoms with van der Waals surface area (Å²) in [7, 11) is 1.60. The van der Waals surface area contributed by atoms with Crippen LogP contribution < -0.4 is 5.32 Å². The monoisotopic (exact) mass is 165 g/mol. The van der Waals surface area contributed by atoms with Gasteiger partial charge in [0.15, 0.2) is 5.76 Å². The maximum atomic E-state index is 11.1. The van der Waals surface area contributed by atoms with E-state index in [2.05, 4.69) is 5.32 Å². The second-order valence-corrected chi connectivity index (χ2v) is 3.06. The van der Waals surface area contributed by atoms with Crippen molar-refractivity contribution >= 4 is 5.91 Å². The van der Waals surface area contributed by atoms with E-state index in [0.29, 0.717) is 11.7 Å². The molecule has 1 aliphatic carbocycles. The van der Waals surface area contributed by atoms with E-state index in [9.17, 15) is 4.79 Å². The van der Waals surface area contributed by atoms with E-state index in [4.69, 9.17) is 4.42 Å². The zero-order chi connectivity index (χ0) is 8.55. The summed E-state index contributed by atoms with van der Waals surface area (Å²) in [5.74, 6) is 1.79. The fourth-order valence-corrected chi connectivity index (χ4v) is 1.19. The molecule has 0 spiro atoms. The number of hydrogen-bond donors (Lipinski definition) is 1.